The quantitative estimate of drug-likeness (QED) is 0.437. The second-order valence-electron chi connectivity index (χ2n) is 7.31. The fraction of sp³-hybridized carbons (Fsp3) is 0.0833. The Balaban J connectivity index is 1.53. The summed E-state index contributed by atoms with van der Waals surface area (Å²) in [5.74, 6) is -2.72. The van der Waals surface area contributed by atoms with E-state index in [1.54, 1.807) is 12.1 Å². The first-order chi connectivity index (χ1) is 15.8. The SMILES string of the molecule is CC(=O)Nc1cc(F)c(F)cc1NC(=O)c1ccc(-c2nnc(-c3cccc(C)c3)o2)cc1. The van der Waals surface area contributed by atoms with E-state index in [2.05, 4.69) is 20.8 Å². The minimum Gasteiger partial charge on any atom is -0.416 e. The first kappa shape index (κ1) is 21.8. The zero-order valence-electron chi connectivity index (χ0n) is 17.6. The number of nitrogens with zero attached hydrogens (tertiary/aromatic N) is 2. The zero-order valence-corrected chi connectivity index (χ0v) is 17.6. The van der Waals surface area contributed by atoms with Gasteiger partial charge >= 0.3 is 0 Å². The summed E-state index contributed by atoms with van der Waals surface area (Å²) < 4.78 is 33.0. The van der Waals surface area contributed by atoms with Gasteiger partial charge in [0.2, 0.25) is 17.7 Å². The number of carbonyl (C=O) groups excluding carboxylic acids is 2. The third-order valence-corrected chi connectivity index (χ3v) is 4.70. The molecule has 33 heavy (non-hydrogen) atoms. The number of hydrogen-bond acceptors (Lipinski definition) is 5. The largest absolute Gasteiger partial charge is 0.416 e. The van der Waals surface area contributed by atoms with Crippen LogP contribution in [0.1, 0.15) is 22.8 Å². The molecule has 0 radical (unpaired) electrons. The Hall–Kier alpha value is -4.40. The molecule has 0 saturated carbocycles. The van der Waals surface area contributed by atoms with Crippen molar-refractivity contribution < 1.29 is 22.8 Å². The van der Waals surface area contributed by atoms with Gasteiger partial charge in [-0.2, -0.15) is 0 Å². The van der Waals surface area contributed by atoms with Gasteiger partial charge < -0.3 is 15.1 Å². The van der Waals surface area contributed by atoms with Gasteiger partial charge in [-0.1, -0.05) is 17.7 Å². The summed E-state index contributed by atoms with van der Waals surface area (Å²) in [5, 5.41) is 13.0. The van der Waals surface area contributed by atoms with E-state index in [0.717, 1.165) is 23.3 Å². The maximum atomic E-state index is 13.7. The van der Waals surface area contributed by atoms with Gasteiger partial charge in [0.05, 0.1) is 11.4 Å². The van der Waals surface area contributed by atoms with Crippen LogP contribution in [0.15, 0.2) is 65.1 Å². The molecule has 0 bridgehead atoms. The molecule has 0 aliphatic carbocycles. The molecule has 1 aromatic heterocycles. The van der Waals surface area contributed by atoms with Gasteiger partial charge in [0.25, 0.3) is 5.91 Å². The Bertz CT molecular complexity index is 1350. The van der Waals surface area contributed by atoms with E-state index < -0.39 is 23.4 Å². The maximum absolute atomic E-state index is 13.7. The van der Waals surface area contributed by atoms with Crippen LogP contribution < -0.4 is 10.6 Å². The topological polar surface area (TPSA) is 97.1 Å². The number of aryl methyl sites for hydroxylation is 1. The highest BCUT2D eigenvalue weighted by atomic mass is 19.2. The number of amides is 2. The van der Waals surface area contributed by atoms with Gasteiger partial charge in [0.15, 0.2) is 11.6 Å². The van der Waals surface area contributed by atoms with E-state index in [0.29, 0.717) is 11.5 Å². The summed E-state index contributed by atoms with van der Waals surface area (Å²) in [6.07, 6.45) is 0. The molecule has 4 rings (SSSR count). The molecule has 0 aliphatic heterocycles. The van der Waals surface area contributed by atoms with Crippen molar-refractivity contribution in [2.75, 3.05) is 10.6 Å². The predicted molar refractivity (Wildman–Crippen MR) is 119 cm³/mol. The molecule has 0 spiro atoms. The molecule has 0 aliphatic rings. The van der Waals surface area contributed by atoms with Crippen molar-refractivity contribution >= 4 is 23.2 Å². The summed E-state index contributed by atoms with van der Waals surface area (Å²) in [6.45, 7) is 3.18. The number of anilines is 2. The Morgan fingerprint density at radius 2 is 1.42 bits per heavy atom. The van der Waals surface area contributed by atoms with E-state index in [-0.39, 0.29) is 22.8 Å². The van der Waals surface area contributed by atoms with Gasteiger partial charge in [0, 0.05) is 35.7 Å². The molecule has 0 saturated heterocycles. The highest BCUT2D eigenvalue weighted by molar-refractivity contribution is 6.07. The van der Waals surface area contributed by atoms with Crippen LogP contribution >= 0.6 is 0 Å². The third kappa shape index (κ3) is 4.93. The minimum atomic E-state index is -1.16. The van der Waals surface area contributed by atoms with E-state index in [9.17, 15) is 18.4 Å². The molecular formula is C24H18F2N4O3. The van der Waals surface area contributed by atoms with Crippen molar-refractivity contribution in [3.63, 3.8) is 0 Å². The average molecular weight is 448 g/mol. The second kappa shape index (κ2) is 8.99. The van der Waals surface area contributed by atoms with Gasteiger partial charge in [-0.25, -0.2) is 8.78 Å². The van der Waals surface area contributed by atoms with Crippen LogP contribution in [0.4, 0.5) is 20.2 Å². The van der Waals surface area contributed by atoms with Crippen molar-refractivity contribution in [2.24, 2.45) is 0 Å². The Kier molecular flexibility index (Phi) is 5.95. The number of benzene rings is 3. The summed E-state index contributed by atoms with van der Waals surface area (Å²) in [4.78, 5) is 24.0. The minimum absolute atomic E-state index is 0.0547. The van der Waals surface area contributed by atoms with Gasteiger partial charge in [-0.15, -0.1) is 10.2 Å². The molecule has 166 valence electrons. The highest BCUT2D eigenvalue weighted by Gasteiger charge is 2.16. The molecule has 4 aromatic rings. The number of nitrogens with one attached hydrogen (secondary N) is 2. The van der Waals surface area contributed by atoms with Crippen molar-refractivity contribution in [2.45, 2.75) is 13.8 Å². The molecule has 2 N–H and O–H groups in total. The monoisotopic (exact) mass is 448 g/mol. The smallest absolute Gasteiger partial charge is 0.255 e. The van der Waals surface area contributed by atoms with Crippen LogP contribution in [0.5, 0.6) is 0 Å². The van der Waals surface area contributed by atoms with Crippen LogP contribution in [-0.2, 0) is 4.79 Å². The Morgan fingerprint density at radius 1 is 0.818 bits per heavy atom. The Labute approximate surface area is 187 Å². The first-order valence-corrected chi connectivity index (χ1v) is 9.89. The normalized spacial score (nSPS) is 10.7. The molecule has 0 unspecified atom stereocenters. The lowest BCUT2D eigenvalue weighted by Gasteiger charge is -2.12. The molecular weight excluding hydrogens is 430 g/mol. The van der Waals surface area contributed by atoms with Crippen LogP contribution in [0.25, 0.3) is 22.9 Å². The average Bonchev–Trinajstić information content (AvgIpc) is 3.27. The van der Waals surface area contributed by atoms with Crippen LogP contribution in [-0.4, -0.2) is 22.0 Å². The number of carbonyl (C=O) groups is 2. The van der Waals surface area contributed by atoms with E-state index in [1.807, 2.05) is 31.2 Å². The zero-order chi connectivity index (χ0) is 23.5. The van der Waals surface area contributed by atoms with Crippen LogP contribution in [0.2, 0.25) is 0 Å². The lowest BCUT2D eigenvalue weighted by molar-refractivity contribution is -0.114. The molecule has 3 aromatic carbocycles. The number of hydrogen-bond donors (Lipinski definition) is 2. The number of halogens is 2. The second-order valence-corrected chi connectivity index (χ2v) is 7.31. The third-order valence-electron chi connectivity index (χ3n) is 4.70. The van der Waals surface area contributed by atoms with Crippen molar-refractivity contribution in [1.82, 2.24) is 10.2 Å². The summed E-state index contributed by atoms with van der Waals surface area (Å²) in [6, 6.07) is 15.6. The lowest BCUT2D eigenvalue weighted by atomic mass is 10.1. The van der Waals surface area contributed by atoms with E-state index in [4.69, 9.17) is 4.42 Å². The number of rotatable bonds is 5. The molecule has 9 heteroatoms. The van der Waals surface area contributed by atoms with Gasteiger partial charge in [-0.05, 0) is 43.3 Å². The summed E-state index contributed by atoms with van der Waals surface area (Å²) >= 11 is 0. The summed E-state index contributed by atoms with van der Waals surface area (Å²) in [5.41, 5.74) is 2.58. The molecule has 1 heterocycles. The predicted octanol–water partition coefficient (Wildman–Crippen LogP) is 5.20. The molecule has 0 atom stereocenters. The van der Waals surface area contributed by atoms with Crippen molar-refractivity contribution in [1.29, 1.82) is 0 Å². The van der Waals surface area contributed by atoms with Crippen molar-refractivity contribution in [3.8, 4) is 22.9 Å². The molecule has 0 fully saturated rings. The first-order valence-electron chi connectivity index (χ1n) is 9.89. The maximum Gasteiger partial charge on any atom is 0.255 e. The lowest BCUT2D eigenvalue weighted by Crippen LogP contribution is -2.15. The van der Waals surface area contributed by atoms with Crippen LogP contribution in [0.3, 0.4) is 0 Å². The van der Waals surface area contributed by atoms with Gasteiger partial charge in [-0.3, -0.25) is 9.59 Å². The summed E-state index contributed by atoms with van der Waals surface area (Å²) in [7, 11) is 0. The standard InChI is InChI=1S/C24H18F2N4O3/c1-13-4-3-5-17(10-13)24-30-29-23(33-24)16-8-6-15(7-9-16)22(32)28-21-12-19(26)18(25)11-20(21)27-14(2)31/h3-12H,1-2H3,(H,27,31)(H,28,32). The molecule has 7 nitrogen and oxygen atoms in total. The van der Waals surface area contributed by atoms with Crippen molar-refractivity contribution in [3.05, 3.63) is 83.4 Å². The van der Waals surface area contributed by atoms with Gasteiger partial charge in [0.1, 0.15) is 0 Å². The highest BCUT2D eigenvalue weighted by Crippen LogP contribution is 2.27. The van der Waals surface area contributed by atoms with Crippen LogP contribution in [0, 0.1) is 18.6 Å². The number of aromatic nitrogens is 2. The molecule has 2 amide bonds. The van der Waals surface area contributed by atoms with E-state index in [1.165, 1.54) is 19.1 Å². The fourth-order valence-electron chi connectivity index (χ4n) is 3.14. The Morgan fingerprint density at radius 3 is 2.03 bits per heavy atom. The fourth-order valence-corrected chi connectivity index (χ4v) is 3.14. The van der Waals surface area contributed by atoms with E-state index >= 15 is 0 Å².